The number of aryl methyl sites for hydroxylation is 2. The van der Waals surface area contributed by atoms with Crippen molar-refractivity contribution in [2.45, 2.75) is 20.4 Å². The molecule has 0 aliphatic heterocycles. The van der Waals surface area contributed by atoms with Gasteiger partial charge in [-0.15, -0.1) is 15.3 Å². The number of rotatable bonds is 4. The molecule has 5 heteroatoms. The van der Waals surface area contributed by atoms with Gasteiger partial charge in [-0.25, -0.2) is 0 Å². The van der Waals surface area contributed by atoms with Crippen LogP contribution in [0.4, 0.5) is 5.82 Å². The van der Waals surface area contributed by atoms with Gasteiger partial charge >= 0.3 is 0 Å². The SMILES string of the molecule is Cc1cccc(-c2cccc(CNc3ccc4nnc(C)n4n3)c2)c1. The Balaban J connectivity index is 1.54. The summed E-state index contributed by atoms with van der Waals surface area (Å²) in [5.41, 5.74) is 5.69. The minimum Gasteiger partial charge on any atom is -0.365 e. The third kappa shape index (κ3) is 3.21. The number of anilines is 1. The van der Waals surface area contributed by atoms with E-state index in [9.17, 15) is 0 Å². The van der Waals surface area contributed by atoms with E-state index in [1.165, 1.54) is 22.3 Å². The number of aromatic nitrogens is 4. The highest BCUT2D eigenvalue weighted by atomic mass is 15.4. The summed E-state index contributed by atoms with van der Waals surface area (Å²) in [4.78, 5) is 0. The molecule has 0 spiro atoms. The Morgan fingerprint density at radius 3 is 2.52 bits per heavy atom. The van der Waals surface area contributed by atoms with Crippen LogP contribution >= 0.6 is 0 Å². The predicted octanol–water partition coefficient (Wildman–Crippen LogP) is 4.02. The van der Waals surface area contributed by atoms with Gasteiger partial charge < -0.3 is 5.32 Å². The average molecular weight is 329 g/mol. The Bertz CT molecular complexity index is 1040. The van der Waals surface area contributed by atoms with Crippen LogP contribution in [0.2, 0.25) is 0 Å². The number of hydrogen-bond donors (Lipinski definition) is 1. The first-order valence-corrected chi connectivity index (χ1v) is 8.28. The van der Waals surface area contributed by atoms with Crippen molar-refractivity contribution in [1.29, 1.82) is 0 Å². The monoisotopic (exact) mass is 329 g/mol. The molecule has 0 radical (unpaired) electrons. The first kappa shape index (κ1) is 15.3. The van der Waals surface area contributed by atoms with E-state index in [0.717, 1.165) is 17.3 Å². The normalized spacial score (nSPS) is 11.0. The van der Waals surface area contributed by atoms with Crippen molar-refractivity contribution in [3.63, 3.8) is 0 Å². The highest BCUT2D eigenvalue weighted by molar-refractivity contribution is 5.65. The van der Waals surface area contributed by atoms with Gasteiger partial charge in [-0.2, -0.15) is 4.52 Å². The quantitative estimate of drug-likeness (QED) is 0.614. The fraction of sp³-hybridized carbons (Fsp3) is 0.150. The fourth-order valence-electron chi connectivity index (χ4n) is 2.87. The molecule has 124 valence electrons. The fourth-order valence-corrected chi connectivity index (χ4v) is 2.87. The summed E-state index contributed by atoms with van der Waals surface area (Å²) >= 11 is 0. The van der Waals surface area contributed by atoms with Gasteiger partial charge in [0.25, 0.3) is 0 Å². The summed E-state index contributed by atoms with van der Waals surface area (Å²) in [6, 6.07) is 21.0. The second kappa shape index (κ2) is 6.36. The highest BCUT2D eigenvalue weighted by Crippen LogP contribution is 2.22. The van der Waals surface area contributed by atoms with E-state index < -0.39 is 0 Å². The third-order valence-corrected chi connectivity index (χ3v) is 4.17. The third-order valence-electron chi connectivity index (χ3n) is 4.17. The molecule has 4 aromatic rings. The van der Waals surface area contributed by atoms with Crippen molar-refractivity contribution >= 4 is 11.5 Å². The maximum Gasteiger partial charge on any atom is 0.178 e. The van der Waals surface area contributed by atoms with Gasteiger partial charge in [0, 0.05) is 6.54 Å². The summed E-state index contributed by atoms with van der Waals surface area (Å²) in [6.07, 6.45) is 0. The van der Waals surface area contributed by atoms with E-state index in [1.54, 1.807) is 4.52 Å². The van der Waals surface area contributed by atoms with E-state index in [0.29, 0.717) is 6.54 Å². The number of hydrogen-bond acceptors (Lipinski definition) is 4. The first-order chi connectivity index (χ1) is 12.2. The molecule has 5 nitrogen and oxygen atoms in total. The van der Waals surface area contributed by atoms with Crippen LogP contribution in [0.5, 0.6) is 0 Å². The van der Waals surface area contributed by atoms with Gasteiger partial charge in [0.05, 0.1) is 0 Å². The lowest BCUT2D eigenvalue weighted by atomic mass is 10.0. The molecule has 2 aromatic carbocycles. The van der Waals surface area contributed by atoms with Crippen molar-refractivity contribution in [2.24, 2.45) is 0 Å². The molecule has 0 bridgehead atoms. The molecule has 1 N–H and O–H groups in total. The molecular weight excluding hydrogens is 310 g/mol. The van der Waals surface area contributed by atoms with E-state index in [1.807, 2.05) is 19.1 Å². The Labute approximate surface area is 146 Å². The second-order valence-corrected chi connectivity index (χ2v) is 6.16. The van der Waals surface area contributed by atoms with E-state index in [4.69, 9.17) is 0 Å². The molecule has 2 aromatic heterocycles. The zero-order valence-corrected chi connectivity index (χ0v) is 14.3. The van der Waals surface area contributed by atoms with Crippen LogP contribution < -0.4 is 5.32 Å². The molecule has 4 rings (SSSR count). The molecule has 0 aliphatic rings. The summed E-state index contributed by atoms with van der Waals surface area (Å²) < 4.78 is 1.74. The average Bonchev–Trinajstić information content (AvgIpc) is 3.01. The smallest absolute Gasteiger partial charge is 0.178 e. The Hall–Kier alpha value is -3.21. The molecule has 0 unspecified atom stereocenters. The van der Waals surface area contributed by atoms with Crippen LogP contribution in [-0.4, -0.2) is 19.8 Å². The van der Waals surface area contributed by atoms with E-state index in [2.05, 4.69) is 76.1 Å². The Morgan fingerprint density at radius 2 is 1.68 bits per heavy atom. The minimum absolute atomic E-state index is 0.708. The van der Waals surface area contributed by atoms with Crippen molar-refractivity contribution in [1.82, 2.24) is 19.8 Å². The topological polar surface area (TPSA) is 55.1 Å². The van der Waals surface area contributed by atoms with Crippen LogP contribution in [0, 0.1) is 13.8 Å². The van der Waals surface area contributed by atoms with Crippen molar-refractivity contribution in [3.8, 4) is 11.1 Å². The zero-order valence-electron chi connectivity index (χ0n) is 14.3. The van der Waals surface area contributed by atoms with Crippen LogP contribution in [-0.2, 0) is 6.54 Å². The molecule has 0 amide bonds. The molecule has 0 atom stereocenters. The van der Waals surface area contributed by atoms with Gasteiger partial charge in [-0.05, 0) is 48.7 Å². The van der Waals surface area contributed by atoms with Crippen LogP contribution in [0.15, 0.2) is 60.7 Å². The molecule has 25 heavy (non-hydrogen) atoms. The van der Waals surface area contributed by atoms with Crippen LogP contribution in [0.25, 0.3) is 16.8 Å². The molecule has 2 heterocycles. The largest absolute Gasteiger partial charge is 0.365 e. The van der Waals surface area contributed by atoms with Gasteiger partial charge in [0.15, 0.2) is 11.5 Å². The van der Waals surface area contributed by atoms with E-state index >= 15 is 0 Å². The molecule has 0 saturated heterocycles. The minimum atomic E-state index is 0.708. The lowest BCUT2D eigenvalue weighted by molar-refractivity contribution is 0.871. The van der Waals surface area contributed by atoms with Gasteiger partial charge in [0.1, 0.15) is 5.82 Å². The van der Waals surface area contributed by atoms with Crippen molar-refractivity contribution in [3.05, 3.63) is 77.6 Å². The molecule has 0 fully saturated rings. The van der Waals surface area contributed by atoms with Crippen LogP contribution in [0.3, 0.4) is 0 Å². The Morgan fingerprint density at radius 1 is 0.880 bits per heavy atom. The number of benzene rings is 2. The lowest BCUT2D eigenvalue weighted by Gasteiger charge is -2.09. The summed E-state index contributed by atoms with van der Waals surface area (Å²) in [6.45, 7) is 4.71. The lowest BCUT2D eigenvalue weighted by Crippen LogP contribution is -2.04. The van der Waals surface area contributed by atoms with Crippen molar-refractivity contribution < 1.29 is 0 Å². The standard InChI is InChI=1S/C20H19N5/c1-14-5-3-7-17(11-14)18-8-4-6-16(12-18)13-21-19-9-10-20-23-22-15(2)25(20)24-19/h3-12H,13H2,1-2H3,(H,21,24). The van der Waals surface area contributed by atoms with Gasteiger partial charge in [-0.1, -0.05) is 48.0 Å². The Kier molecular flexibility index (Phi) is 3.90. The number of nitrogens with one attached hydrogen (secondary N) is 1. The number of nitrogens with zero attached hydrogens (tertiary/aromatic N) is 4. The summed E-state index contributed by atoms with van der Waals surface area (Å²) in [5, 5.41) is 16.0. The summed E-state index contributed by atoms with van der Waals surface area (Å²) in [7, 11) is 0. The maximum atomic E-state index is 4.52. The van der Waals surface area contributed by atoms with E-state index in [-0.39, 0.29) is 0 Å². The highest BCUT2D eigenvalue weighted by Gasteiger charge is 2.04. The van der Waals surface area contributed by atoms with Crippen LogP contribution in [0.1, 0.15) is 17.0 Å². The zero-order chi connectivity index (χ0) is 17.2. The number of fused-ring (bicyclic) bond motifs is 1. The van der Waals surface area contributed by atoms with Gasteiger partial charge in [-0.3, -0.25) is 0 Å². The summed E-state index contributed by atoms with van der Waals surface area (Å²) in [5.74, 6) is 1.58. The second-order valence-electron chi connectivity index (χ2n) is 6.16. The predicted molar refractivity (Wildman–Crippen MR) is 99.5 cm³/mol. The molecular formula is C20H19N5. The maximum absolute atomic E-state index is 4.52. The molecule has 0 aliphatic carbocycles. The van der Waals surface area contributed by atoms with Crippen molar-refractivity contribution in [2.75, 3.05) is 5.32 Å². The van der Waals surface area contributed by atoms with Gasteiger partial charge in [0.2, 0.25) is 0 Å². The molecule has 0 saturated carbocycles. The first-order valence-electron chi connectivity index (χ1n) is 8.28.